The summed E-state index contributed by atoms with van der Waals surface area (Å²) in [5, 5.41) is 32.1. The van der Waals surface area contributed by atoms with Crippen LogP contribution in [0.4, 0.5) is 0 Å². The number of carbonyl (C=O) groups excluding carboxylic acids is 1. The van der Waals surface area contributed by atoms with E-state index >= 15 is 0 Å². The Bertz CT molecular complexity index is 728. The zero-order valence-electron chi connectivity index (χ0n) is 14.3. The molecule has 2 atom stereocenters. The van der Waals surface area contributed by atoms with Crippen molar-refractivity contribution in [3.05, 3.63) is 23.0 Å². The van der Waals surface area contributed by atoms with Gasteiger partial charge in [-0.25, -0.2) is 10.2 Å². The highest BCUT2D eigenvalue weighted by molar-refractivity contribution is 7.54. The number of aromatic nitrogens is 1. The molecule has 144 valence electrons. The average molecular weight is 389 g/mol. The number of aldehydes is 1. The third kappa shape index (κ3) is 5.60. The van der Waals surface area contributed by atoms with E-state index < -0.39 is 38.3 Å². The van der Waals surface area contributed by atoms with E-state index in [1.54, 1.807) is 0 Å². The fraction of sp³-hybridized carbons (Fsp3) is 0.429. The van der Waals surface area contributed by atoms with E-state index in [9.17, 15) is 24.1 Å². The fourth-order valence-corrected chi connectivity index (χ4v) is 3.58. The number of pyridine rings is 1. The zero-order valence-corrected chi connectivity index (χ0v) is 15.2. The van der Waals surface area contributed by atoms with Crippen molar-refractivity contribution in [3.63, 3.8) is 0 Å². The van der Waals surface area contributed by atoms with Crippen LogP contribution in [-0.4, -0.2) is 50.6 Å². The van der Waals surface area contributed by atoms with Gasteiger partial charge in [0.15, 0.2) is 6.29 Å². The molecule has 0 amide bonds. The molecule has 0 aliphatic carbocycles. The van der Waals surface area contributed by atoms with Gasteiger partial charge < -0.3 is 19.8 Å². The maximum Gasteiger partial charge on any atom is 0.342 e. The summed E-state index contributed by atoms with van der Waals surface area (Å²) in [6.45, 7) is 3.37. The van der Waals surface area contributed by atoms with Gasteiger partial charge in [0.2, 0.25) is 0 Å². The van der Waals surface area contributed by atoms with E-state index in [4.69, 9.17) is 14.7 Å². The molecule has 2 unspecified atom stereocenters. The molecule has 26 heavy (non-hydrogen) atoms. The molecule has 0 saturated heterocycles. The summed E-state index contributed by atoms with van der Waals surface area (Å²) in [4.78, 5) is 37.0. The number of aryl methyl sites for hydroxylation is 1. The minimum absolute atomic E-state index is 0.0953. The first-order valence-electron chi connectivity index (χ1n) is 7.39. The third-order valence-corrected chi connectivity index (χ3v) is 5.29. The fourth-order valence-electron chi connectivity index (χ4n) is 1.79. The molecule has 0 spiro atoms. The van der Waals surface area contributed by atoms with Crippen LogP contribution in [0.15, 0.2) is 6.20 Å². The molecular formula is C14H20N3O8P. The summed E-state index contributed by atoms with van der Waals surface area (Å²) in [5.41, 5.74) is 0.175. The van der Waals surface area contributed by atoms with Crippen LogP contribution in [0.1, 0.15) is 35.5 Å². The van der Waals surface area contributed by atoms with Gasteiger partial charge in [0, 0.05) is 11.8 Å². The minimum atomic E-state index is -4.15. The van der Waals surface area contributed by atoms with Gasteiger partial charge in [0.1, 0.15) is 17.8 Å². The quantitative estimate of drug-likeness (QED) is 0.281. The number of carboxylic acids is 2. The topological polar surface area (TPSA) is 175 Å². The third-order valence-electron chi connectivity index (χ3n) is 3.35. The van der Waals surface area contributed by atoms with Crippen LogP contribution >= 0.6 is 7.67 Å². The number of rotatable bonds is 10. The van der Waals surface area contributed by atoms with E-state index in [1.165, 1.54) is 27.0 Å². The number of carbonyl (C=O) groups is 3. The van der Waals surface area contributed by atoms with Crippen LogP contribution < -0.4 is 10.2 Å². The SMILES string of the molecule is Cc1ncc(COP(=O)(NC(C)C(=O)O)NC(C)C(=O)O)c(C=O)c1O. The van der Waals surface area contributed by atoms with Crippen molar-refractivity contribution in [2.75, 3.05) is 0 Å². The molecule has 0 bridgehead atoms. The van der Waals surface area contributed by atoms with Crippen molar-refractivity contribution in [1.29, 1.82) is 0 Å². The molecule has 0 aliphatic rings. The summed E-state index contributed by atoms with van der Waals surface area (Å²) >= 11 is 0. The Balaban J connectivity index is 3.08. The molecule has 0 radical (unpaired) electrons. The van der Waals surface area contributed by atoms with Gasteiger partial charge in [-0.1, -0.05) is 0 Å². The lowest BCUT2D eigenvalue weighted by Gasteiger charge is -2.24. The van der Waals surface area contributed by atoms with Crippen LogP contribution in [0, 0.1) is 6.92 Å². The smallest absolute Gasteiger partial charge is 0.342 e. The maximum absolute atomic E-state index is 12.8. The zero-order chi connectivity index (χ0) is 20.1. The minimum Gasteiger partial charge on any atom is -0.505 e. The number of nitrogens with zero attached hydrogens (tertiary/aromatic N) is 1. The summed E-state index contributed by atoms with van der Waals surface area (Å²) in [5.74, 6) is -3.03. The van der Waals surface area contributed by atoms with Crippen LogP contribution in [0.5, 0.6) is 5.75 Å². The second-order valence-electron chi connectivity index (χ2n) is 5.45. The van der Waals surface area contributed by atoms with E-state index in [0.29, 0.717) is 6.29 Å². The lowest BCUT2D eigenvalue weighted by atomic mass is 10.1. The normalized spacial score (nSPS) is 15.7. The Morgan fingerprint density at radius 2 is 1.77 bits per heavy atom. The van der Waals surface area contributed by atoms with Crippen LogP contribution in [0.2, 0.25) is 0 Å². The highest BCUT2D eigenvalue weighted by atomic mass is 31.2. The van der Waals surface area contributed by atoms with Crippen LogP contribution in [0.3, 0.4) is 0 Å². The highest BCUT2D eigenvalue weighted by Crippen LogP contribution is 2.40. The van der Waals surface area contributed by atoms with Gasteiger partial charge in [-0.2, -0.15) is 0 Å². The second kappa shape index (κ2) is 8.86. The van der Waals surface area contributed by atoms with Gasteiger partial charge >= 0.3 is 19.6 Å². The summed E-state index contributed by atoms with van der Waals surface area (Å²) < 4.78 is 18.0. The number of nitrogens with one attached hydrogen (secondary N) is 2. The summed E-state index contributed by atoms with van der Waals surface area (Å²) in [6, 6.07) is -2.63. The molecule has 0 fully saturated rings. The number of aliphatic carboxylic acids is 2. The van der Waals surface area contributed by atoms with Gasteiger partial charge in [0.25, 0.3) is 0 Å². The second-order valence-corrected chi connectivity index (χ2v) is 7.33. The Morgan fingerprint density at radius 1 is 1.27 bits per heavy atom. The molecule has 1 rings (SSSR count). The molecule has 1 aromatic heterocycles. The standard InChI is InChI=1S/C14H20N3O8P/c1-7-12(19)11(5-18)10(4-15-7)6-25-26(24,16-8(2)13(20)21)17-9(3)14(22)23/h4-5,8-9,19H,6H2,1-3H3,(H,20,21)(H,22,23)(H2,16,17,24). The number of hydrogen-bond donors (Lipinski definition) is 5. The molecular weight excluding hydrogens is 369 g/mol. The Labute approximate surface area is 149 Å². The average Bonchev–Trinajstić information content (AvgIpc) is 2.55. The van der Waals surface area contributed by atoms with E-state index in [1.807, 2.05) is 0 Å². The van der Waals surface area contributed by atoms with Gasteiger partial charge in [0.05, 0.1) is 17.9 Å². The first-order valence-corrected chi connectivity index (χ1v) is 9.01. The number of hydrogen-bond acceptors (Lipinski definition) is 7. The van der Waals surface area contributed by atoms with Crippen molar-refractivity contribution < 1.29 is 38.8 Å². The lowest BCUT2D eigenvalue weighted by Crippen LogP contribution is -2.41. The molecule has 11 nitrogen and oxygen atoms in total. The first-order chi connectivity index (χ1) is 12.0. The molecule has 0 aliphatic heterocycles. The Kier molecular flexibility index (Phi) is 7.40. The lowest BCUT2D eigenvalue weighted by molar-refractivity contribution is -0.139. The van der Waals surface area contributed by atoms with E-state index in [0.717, 1.165) is 0 Å². The van der Waals surface area contributed by atoms with Crippen molar-refractivity contribution >= 4 is 25.9 Å². The van der Waals surface area contributed by atoms with Gasteiger partial charge in [-0.05, 0) is 20.8 Å². The number of carboxylic acid groups (broad SMARTS) is 2. The molecule has 1 heterocycles. The van der Waals surface area contributed by atoms with Crippen molar-refractivity contribution in [2.45, 2.75) is 39.5 Å². The van der Waals surface area contributed by atoms with E-state index in [-0.39, 0.29) is 22.6 Å². The molecule has 5 N–H and O–H groups in total. The van der Waals surface area contributed by atoms with Crippen LogP contribution in [0.25, 0.3) is 0 Å². The first kappa shape index (κ1) is 21.7. The largest absolute Gasteiger partial charge is 0.505 e. The van der Waals surface area contributed by atoms with Crippen molar-refractivity contribution in [3.8, 4) is 5.75 Å². The maximum atomic E-state index is 12.8. The van der Waals surface area contributed by atoms with Gasteiger partial charge in [-0.15, -0.1) is 0 Å². The molecule has 0 saturated carbocycles. The van der Waals surface area contributed by atoms with Gasteiger partial charge in [-0.3, -0.25) is 23.9 Å². The number of aromatic hydroxyl groups is 1. The summed E-state index contributed by atoms with van der Waals surface area (Å²) in [7, 11) is -4.15. The van der Waals surface area contributed by atoms with Crippen LogP contribution in [-0.2, 0) is 25.3 Å². The molecule has 1 aromatic rings. The van der Waals surface area contributed by atoms with Crippen molar-refractivity contribution in [2.24, 2.45) is 0 Å². The molecule has 12 heteroatoms. The highest BCUT2D eigenvalue weighted by Gasteiger charge is 2.32. The predicted molar refractivity (Wildman–Crippen MR) is 88.9 cm³/mol. The summed E-state index contributed by atoms with van der Waals surface area (Å²) in [6.07, 6.45) is 1.60. The monoisotopic (exact) mass is 389 g/mol. The van der Waals surface area contributed by atoms with Crippen molar-refractivity contribution in [1.82, 2.24) is 15.2 Å². The van der Waals surface area contributed by atoms with E-state index in [2.05, 4.69) is 15.2 Å². The predicted octanol–water partition coefficient (Wildman–Crippen LogP) is 0.658. The Morgan fingerprint density at radius 3 is 2.19 bits per heavy atom. The molecule has 0 aromatic carbocycles. The Hall–Kier alpha value is -2.33.